The van der Waals surface area contributed by atoms with Crippen LogP contribution in [0.1, 0.15) is 24.8 Å². The molecule has 1 heterocycles. The molecule has 0 saturated heterocycles. The standard InChI is InChI=1S/C15H17Cl2N2OS/c16-12-4-2-1-3-11(12)9-15(20,14(17)6-7-14)10-19-13(21)5-8-18-19/h1-4,20H,5-10H2/q+1. The van der Waals surface area contributed by atoms with E-state index in [1.54, 1.807) is 4.70 Å². The summed E-state index contributed by atoms with van der Waals surface area (Å²) in [5.41, 5.74) is -0.184. The van der Waals surface area contributed by atoms with Crippen molar-refractivity contribution in [1.82, 2.24) is 0 Å². The number of benzene rings is 1. The molecule has 112 valence electrons. The summed E-state index contributed by atoms with van der Waals surface area (Å²) in [6.45, 7) is 1.02. The van der Waals surface area contributed by atoms with Crippen LogP contribution in [0.3, 0.4) is 0 Å². The van der Waals surface area contributed by atoms with Crippen molar-refractivity contribution in [1.29, 1.82) is 0 Å². The summed E-state index contributed by atoms with van der Waals surface area (Å²) < 4.78 is 1.73. The predicted octanol–water partition coefficient (Wildman–Crippen LogP) is 3.58. The van der Waals surface area contributed by atoms with E-state index in [4.69, 9.17) is 35.4 Å². The van der Waals surface area contributed by atoms with E-state index in [1.165, 1.54) is 0 Å². The van der Waals surface area contributed by atoms with E-state index in [2.05, 4.69) is 5.11 Å². The smallest absolute Gasteiger partial charge is 0.274 e. The third-order valence-electron chi connectivity index (χ3n) is 4.26. The molecule has 6 heteroatoms. The molecule has 3 nitrogen and oxygen atoms in total. The number of hydrogen-bond donors (Lipinski definition) is 1. The maximum Gasteiger partial charge on any atom is 0.274 e. The van der Waals surface area contributed by atoms with Crippen molar-refractivity contribution in [2.45, 2.75) is 36.2 Å². The van der Waals surface area contributed by atoms with Gasteiger partial charge in [0.05, 0.1) is 11.3 Å². The van der Waals surface area contributed by atoms with Crippen molar-refractivity contribution >= 4 is 40.4 Å². The molecule has 1 fully saturated rings. The zero-order valence-corrected chi connectivity index (χ0v) is 13.9. The zero-order chi connectivity index (χ0) is 15.1. The van der Waals surface area contributed by atoms with Gasteiger partial charge < -0.3 is 5.11 Å². The second-order valence-electron chi connectivity index (χ2n) is 5.83. The Bertz CT molecular complexity index is 615. The average molecular weight is 344 g/mol. The highest BCUT2D eigenvalue weighted by atomic mass is 35.5. The van der Waals surface area contributed by atoms with Crippen LogP contribution in [0.2, 0.25) is 5.02 Å². The number of nitrogens with zero attached hydrogens (tertiary/aromatic N) is 2. The highest BCUT2D eigenvalue weighted by Gasteiger charge is 2.61. The first kappa shape index (κ1) is 15.3. The Balaban J connectivity index is 1.87. The second-order valence-corrected chi connectivity index (χ2v) is 7.43. The molecule has 1 saturated carbocycles. The molecule has 1 unspecified atom stereocenters. The number of aliphatic hydroxyl groups is 1. The van der Waals surface area contributed by atoms with E-state index in [-0.39, 0.29) is 0 Å². The van der Waals surface area contributed by atoms with Gasteiger partial charge in [-0.1, -0.05) is 34.5 Å². The van der Waals surface area contributed by atoms with Gasteiger partial charge in [0, 0.05) is 11.4 Å². The lowest BCUT2D eigenvalue weighted by Crippen LogP contribution is -2.50. The van der Waals surface area contributed by atoms with Gasteiger partial charge in [0.1, 0.15) is 12.1 Å². The molecular weight excluding hydrogens is 327 g/mol. The summed E-state index contributed by atoms with van der Waals surface area (Å²) >= 11 is 18.1. The Morgan fingerprint density at radius 3 is 2.67 bits per heavy atom. The van der Waals surface area contributed by atoms with Crippen molar-refractivity contribution < 1.29 is 9.80 Å². The molecule has 0 bridgehead atoms. The normalized spacial score (nSPS) is 22.8. The minimum absolute atomic E-state index is 0.334. The largest absolute Gasteiger partial charge is 0.381 e. The van der Waals surface area contributed by atoms with Crippen molar-refractivity contribution in [3.8, 4) is 0 Å². The third-order valence-corrected chi connectivity index (χ3v) is 5.77. The summed E-state index contributed by atoms with van der Waals surface area (Å²) in [4.78, 5) is 0.174. The molecule has 0 spiro atoms. The summed E-state index contributed by atoms with van der Waals surface area (Å²) in [5.74, 6) is 0. The zero-order valence-electron chi connectivity index (χ0n) is 11.6. The maximum atomic E-state index is 11.2. The molecule has 0 amide bonds. The second kappa shape index (κ2) is 5.58. The topological polar surface area (TPSA) is 35.6 Å². The van der Waals surface area contributed by atoms with Crippen LogP contribution in [0.25, 0.3) is 0 Å². The Morgan fingerprint density at radius 2 is 2.10 bits per heavy atom. The van der Waals surface area contributed by atoms with Gasteiger partial charge in [-0.25, -0.2) is 0 Å². The Labute approximate surface area is 139 Å². The molecule has 0 radical (unpaired) electrons. The fraction of sp³-hybridized carbons (Fsp3) is 0.533. The van der Waals surface area contributed by atoms with E-state index in [9.17, 15) is 5.11 Å². The van der Waals surface area contributed by atoms with Crippen LogP contribution in [0, 0.1) is 0 Å². The summed E-state index contributed by atoms with van der Waals surface area (Å²) in [5, 5.41) is 16.2. The predicted molar refractivity (Wildman–Crippen MR) is 87.6 cm³/mol. The summed E-state index contributed by atoms with van der Waals surface area (Å²) in [6, 6.07) is 7.55. The maximum absolute atomic E-state index is 11.2. The van der Waals surface area contributed by atoms with Crippen LogP contribution < -0.4 is 0 Å². The lowest BCUT2D eigenvalue weighted by molar-refractivity contribution is -0.494. The van der Waals surface area contributed by atoms with Gasteiger partial charge in [-0.15, -0.1) is 11.6 Å². The van der Waals surface area contributed by atoms with Gasteiger partial charge in [0.15, 0.2) is 0 Å². The van der Waals surface area contributed by atoms with E-state index in [0.717, 1.165) is 29.8 Å². The van der Waals surface area contributed by atoms with E-state index in [1.807, 2.05) is 24.3 Å². The van der Waals surface area contributed by atoms with Crippen molar-refractivity contribution in [3.05, 3.63) is 34.9 Å². The first-order valence-electron chi connectivity index (χ1n) is 7.06. The quantitative estimate of drug-likeness (QED) is 0.503. The molecular formula is C15H17Cl2N2OS+. The number of halogens is 2. The number of β-amino-alcohol motifs (C(OH)–C–C–N with tert-alkyl or cyclic N) is 1. The monoisotopic (exact) mass is 343 g/mol. The molecule has 1 aromatic rings. The summed E-state index contributed by atoms with van der Waals surface area (Å²) in [7, 11) is 0. The number of azo groups is 2. The van der Waals surface area contributed by atoms with Gasteiger partial charge in [-0.05, 0) is 41.8 Å². The van der Waals surface area contributed by atoms with Crippen LogP contribution in [0.4, 0.5) is 0 Å². The molecule has 2 aliphatic rings. The molecule has 1 atom stereocenters. The minimum atomic E-state index is -1.09. The van der Waals surface area contributed by atoms with Gasteiger partial charge in [-0.2, -0.15) is 0 Å². The lowest BCUT2D eigenvalue weighted by Gasteiger charge is -2.30. The lowest BCUT2D eigenvalue weighted by atomic mass is 9.88. The third kappa shape index (κ3) is 3.00. The van der Waals surface area contributed by atoms with E-state index >= 15 is 0 Å². The molecule has 1 aromatic carbocycles. The average Bonchev–Trinajstić information content (AvgIpc) is 3.09. The highest BCUT2D eigenvalue weighted by molar-refractivity contribution is 7.80. The van der Waals surface area contributed by atoms with Crippen molar-refractivity contribution in [2.75, 3.05) is 13.1 Å². The summed E-state index contributed by atoms with van der Waals surface area (Å²) in [6.07, 6.45) is 2.78. The Kier molecular flexibility index (Phi) is 4.08. The first-order valence-corrected chi connectivity index (χ1v) is 8.22. The molecule has 21 heavy (non-hydrogen) atoms. The highest BCUT2D eigenvalue weighted by Crippen LogP contribution is 2.52. The van der Waals surface area contributed by atoms with Crippen LogP contribution in [0.5, 0.6) is 0 Å². The molecule has 1 aliphatic carbocycles. The van der Waals surface area contributed by atoms with Crippen LogP contribution in [0.15, 0.2) is 29.4 Å². The number of alkyl halides is 1. The molecule has 3 rings (SSSR count). The van der Waals surface area contributed by atoms with Gasteiger partial charge in [0.2, 0.25) is 6.54 Å². The molecule has 0 aromatic heterocycles. The Morgan fingerprint density at radius 1 is 1.38 bits per heavy atom. The number of rotatable bonds is 5. The van der Waals surface area contributed by atoms with Crippen molar-refractivity contribution in [3.63, 3.8) is 0 Å². The molecule has 1 aliphatic heterocycles. The minimum Gasteiger partial charge on any atom is -0.381 e. The van der Waals surface area contributed by atoms with Crippen LogP contribution >= 0.6 is 35.4 Å². The van der Waals surface area contributed by atoms with Gasteiger partial charge in [-0.3, -0.25) is 0 Å². The van der Waals surface area contributed by atoms with E-state index < -0.39 is 10.5 Å². The van der Waals surface area contributed by atoms with Crippen LogP contribution in [-0.4, -0.2) is 38.4 Å². The van der Waals surface area contributed by atoms with Gasteiger partial charge in [0.25, 0.3) is 4.99 Å². The fourth-order valence-electron chi connectivity index (χ4n) is 2.75. The SMILES string of the molecule is OC(Cc1ccccc1Cl)(C[N+]1=NCCC1=S)C1(Cl)CC1. The number of thiocarbonyl (C=S) groups is 1. The molecule has 1 N–H and O–H groups in total. The number of hydrogen-bond acceptors (Lipinski definition) is 3. The fourth-order valence-corrected chi connectivity index (χ4v) is 3.39. The first-order chi connectivity index (χ1) is 9.94. The Hall–Kier alpha value is -0.550. The van der Waals surface area contributed by atoms with Crippen molar-refractivity contribution in [2.24, 2.45) is 5.11 Å². The van der Waals surface area contributed by atoms with Gasteiger partial charge >= 0.3 is 0 Å². The van der Waals surface area contributed by atoms with E-state index in [0.29, 0.717) is 24.5 Å². The van der Waals surface area contributed by atoms with Crippen LogP contribution in [-0.2, 0) is 6.42 Å².